The summed E-state index contributed by atoms with van der Waals surface area (Å²) in [6, 6.07) is 8.88. The van der Waals surface area contributed by atoms with E-state index in [4.69, 9.17) is 14.7 Å². The van der Waals surface area contributed by atoms with Crippen molar-refractivity contribution >= 4 is 38.7 Å². The van der Waals surface area contributed by atoms with Gasteiger partial charge in [-0.1, -0.05) is 6.92 Å². The number of nitrogens with one attached hydrogen (secondary N) is 2. The number of sulfone groups is 1. The zero-order chi connectivity index (χ0) is 26.9. The second-order valence-electron chi connectivity index (χ2n) is 9.76. The number of amides is 2. The highest BCUT2D eigenvalue weighted by atomic mass is 32.2. The van der Waals surface area contributed by atoms with Crippen molar-refractivity contribution in [3.63, 3.8) is 0 Å². The summed E-state index contributed by atoms with van der Waals surface area (Å²) in [5, 5.41) is 7.35. The first-order valence-corrected chi connectivity index (χ1v) is 15.2. The molecule has 0 unspecified atom stereocenters. The van der Waals surface area contributed by atoms with Crippen molar-refractivity contribution < 1.29 is 17.9 Å². The predicted octanol–water partition coefficient (Wildman–Crippen LogP) is 4.13. The topological polar surface area (TPSA) is 126 Å². The van der Waals surface area contributed by atoms with Crippen LogP contribution in [0.5, 0.6) is 0 Å². The Kier molecular flexibility index (Phi) is 7.38. The van der Waals surface area contributed by atoms with Crippen molar-refractivity contribution in [1.29, 1.82) is 0 Å². The summed E-state index contributed by atoms with van der Waals surface area (Å²) in [5.41, 5.74) is 2.55. The highest BCUT2D eigenvalue weighted by molar-refractivity contribution is 7.94. The van der Waals surface area contributed by atoms with Crippen LogP contribution in [0.15, 0.2) is 40.1 Å². The minimum Gasteiger partial charge on any atom is -0.377 e. The van der Waals surface area contributed by atoms with Crippen LogP contribution in [0.4, 0.5) is 16.3 Å². The summed E-state index contributed by atoms with van der Waals surface area (Å²) in [6.45, 7) is 8.23. The highest BCUT2D eigenvalue weighted by Crippen LogP contribution is 2.55. The first-order valence-electron chi connectivity index (χ1n) is 12.8. The van der Waals surface area contributed by atoms with Crippen LogP contribution in [0.25, 0.3) is 11.4 Å². The maximum absolute atomic E-state index is 13.8. The molecule has 1 aromatic carbocycles. The van der Waals surface area contributed by atoms with Crippen molar-refractivity contribution in [1.82, 2.24) is 20.3 Å². The Balaban J connectivity index is 1.53. The van der Waals surface area contributed by atoms with E-state index in [2.05, 4.69) is 27.4 Å². The Labute approximate surface area is 226 Å². The molecule has 0 bridgehead atoms. The Morgan fingerprint density at radius 1 is 1.21 bits per heavy atom. The number of aromatic nitrogens is 3. The van der Waals surface area contributed by atoms with Crippen molar-refractivity contribution in [2.24, 2.45) is 0 Å². The van der Waals surface area contributed by atoms with E-state index < -0.39 is 14.6 Å². The van der Waals surface area contributed by atoms with Gasteiger partial charge in [0.2, 0.25) is 14.2 Å². The fraction of sp³-hybridized carbons (Fsp3) is 0.462. The number of thiazole rings is 1. The third-order valence-corrected chi connectivity index (χ3v) is 10.7. The summed E-state index contributed by atoms with van der Waals surface area (Å²) in [4.78, 5) is 28.1. The number of rotatable bonds is 8. The van der Waals surface area contributed by atoms with Gasteiger partial charge in [0.1, 0.15) is 10.6 Å². The number of aryl methyl sites for hydroxylation is 1. The maximum atomic E-state index is 13.8. The van der Waals surface area contributed by atoms with E-state index in [1.807, 2.05) is 25.1 Å². The minimum atomic E-state index is -3.73. The number of ether oxygens (including phenoxy) is 1. The lowest BCUT2D eigenvalue weighted by Gasteiger charge is -2.34. The van der Waals surface area contributed by atoms with Gasteiger partial charge >= 0.3 is 6.03 Å². The van der Waals surface area contributed by atoms with Crippen LogP contribution in [0.1, 0.15) is 44.5 Å². The van der Waals surface area contributed by atoms with Gasteiger partial charge in [-0.3, -0.25) is 0 Å². The van der Waals surface area contributed by atoms with Gasteiger partial charge in [0.05, 0.1) is 24.9 Å². The molecule has 1 aliphatic carbocycles. The summed E-state index contributed by atoms with van der Waals surface area (Å²) >= 11 is 1.15. The van der Waals surface area contributed by atoms with Crippen molar-refractivity contribution in [3.05, 3.63) is 47.1 Å². The van der Waals surface area contributed by atoms with Gasteiger partial charge in [0, 0.05) is 41.5 Å². The molecular weight excluding hydrogens is 524 g/mol. The molecule has 2 N–H and O–H groups in total. The van der Waals surface area contributed by atoms with E-state index in [1.165, 1.54) is 0 Å². The number of urea groups is 1. The molecule has 1 aliphatic heterocycles. The average Bonchev–Trinajstić information content (AvgIpc) is 3.63. The Bertz CT molecular complexity index is 1420. The number of anilines is 2. The van der Waals surface area contributed by atoms with Crippen molar-refractivity contribution in [3.8, 4) is 11.4 Å². The second kappa shape index (κ2) is 10.6. The van der Waals surface area contributed by atoms with E-state index in [0.29, 0.717) is 67.9 Å². The van der Waals surface area contributed by atoms with Crippen molar-refractivity contribution in [2.45, 2.75) is 55.2 Å². The third-order valence-electron chi connectivity index (χ3n) is 6.82. The molecule has 12 heteroatoms. The molecule has 1 saturated heterocycles. The van der Waals surface area contributed by atoms with E-state index >= 15 is 0 Å². The second-order valence-corrected chi connectivity index (χ2v) is 13.1. The highest BCUT2D eigenvalue weighted by Gasteiger charge is 2.59. The SMILES string of the molecule is CCCNC(=O)Nc1ccc(-c2nc(N3CCOC[C@@H]3C)cc(C3(S(=O)(=O)c4nc(C)cs4)CC3)n2)cc1. The minimum absolute atomic E-state index is 0.0842. The molecular formula is C26H32N6O4S2. The lowest BCUT2D eigenvalue weighted by atomic mass is 10.1. The van der Waals surface area contributed by atoms with Crippen LogP contribution in [0.2, 0.25) is 0 Å². The number of nitrogens with zero attached hydrogens (tertiary/aromatic N) is 4. The molecule has 3 heterocycles. The van der Waals surface area contributed by atoms with Crippen LogP contribution in [-0.4, -0.2) is 61.7 Å². The molecule has 0 spiro atoms. The van der Waals surface area contributed by atoms with E-state index in [0.717, 1.165) is 23.3 Å². The normalized spacial score (nSPS) is 18.7. The Morgan fingerprint density at radius 3 is 2.61 bits per heavy atom. The summed E-state index contributed by atoms with van der Waals surface area (Å²) in [6.07, 6.45) is 1.82. The monoisotopic (exact) mass is 556 g/mol. The largest absolute Gasteiger partial charge is 0.377 e. The number of hydrogen-bond acceptors (Lipinski definition) is 9. The third kappa shape index (κ3) is 5.12. The lowest BCUT2D eigenvalue weighted by Crippen LogP contribution is -2.44. The molecule has 38 heavy (non-hydrogen) atoms. The van der Waals surface area contributed by atoms with Gasteiger partial charge in [0.25, 0.3) is 0 Å². The molecule has 1 saturated carbocycles. The van der Waals surface area contributed by atoms with Crippen LogP contribution in [0, 0.1) is 6.92 Å². The van der Waals surface area contributed by atoms with Gasteiger partial charge in [-0.2, -0.15) is 0 Å². The standard InChI is InChI=1S/C26H32N6O4S2/c1-4-11-27-24(33)29-20-7-5-19(6-8-20)23-30-21(14-22(31-23)32-12-13-36-15-18(32)3)26(9-10-26)38(34,35)25-28-17(2)16-37-25/h5-8,14,16,18H,4,9-13,15H2,1-3H3,(H2,27,29,33)/t18-/m0/s1. The first-order chi connectivity index (χ1) is 18.2. The average molecular weight is 557 g/mol. The van der Waals surface area contributed by atoms with Gasteiger partial charge in [-0.05, 0) is 57.4 Å². The molecule has 5 rings (SSSR count). The Hall–Kier alpha value is -3.09. The zero-order valence-electron chi connectivity index (χ0n) is 21.7. The summed E-state index contributed by atoms with van der Waals surface area (Å²) in [7, 11) is -3.73. The van der Waals surface area contributed by atoms with Gasteiger partial charge in [0.15, 0.2) is 5.82 Å². The number of hydrogen-bond donors (Lipinski definition) is 2. The van der Waals surface area contributed by atoms with E-state index in [9.17, 15) is 13.2 Å². The van der Waals surface area contributed by atoms with Crippen LogP contribution >= 0.6 is 11.3 Å². The molecule has 10 nitrogen and oxygen atoms in total. The quantitative estimate of drug-likeness (QED) is 0.424. The van der Waals surface area contributed by atoms with E-state index in [1.54, 1.807) is 24.4 Å². The fourth-order valence-corrected chi connectivity index (χ4v) is 7.80. The van der Waals surface area contributed by atoms with Gasteiger partial charge < -0.3 is 20.3 Å². The molecule has 2 aliphatic rings. The molecule has 202 valence electrons. The summed E-state index contributed by atoms with van der Waals surface area (Å²) in [5.74, 6) is 1.12. The molecule has 2 amide bonds. The number of morpholine rings is 1. The number of carbonyl (C=O) groups is 1. The summed E-state index contributed by atoms with van der Waals surface area (Å²) < 4.78 is 32.2. The van der Waals surface area contributed by atoms with Crippen molar-refractivity contribution in [2.75, 3.05) is 36.5 Å². The number of carbonyl (C=O) groups excluding carboxylic acids is 1. The lowest BCUT2D eigenvalue weighted by molar-refractivity contribution is 0.0985. The predicted molar refractivity (Wildman–Crippen MR) is 147 cm³/mol. The molecule has 2 aromatic heterocycles. The smallest absolute Gasteiger partial charge is 0.319 e. The molecule has 0 radical (unpaired) electrons. The van der Waals surface area contributed by atoms with Crippen LogP contribution < -0.4 is 15.5 Å². The van der Waals surface area contributed by atoms with E-state index in [-0.39, 0.29) is 16.4 Å². The van der Waals surface area contributed by atoms with Crippen LogP contribution in [-0.2, 0) is 19.3 Å². The zero-order valence-corrected chi connectivity index (χ0v) is 23.4. The Morgan fingerprint density at radius 2 is 1.97 bits per heavy atom. The molecule has 1 atom stereocenters. The number of benzene rings is 1. The van der Waals surface area contributed by atoms with Crippen LogP contribution in [0.3, 0.4) is 0 Å². The maximum Gasteiger partial charge on any atom is 0.319 e. The molecule has 2 fully saturated rings. The van der Waals surface area contributed by atoms with Gasteiger partial charge in [-0.25, -0.2) is 28.2 Å². The first kappa shape index (κ1) is 26.5. The van der Waals surface area contributed by atoms with Gasteiger partial charge in [-0.15, -0.1) is 11.3 Å². The molecule has 3 aromatic rings. The fourth-order valence-electron chi connectivity index (χ4n) is 4.53.